The minimum absolute atomic E-state index is 0.0135. The third kappa shape index (κ3) is 4.79. The highest BCUT2D eigenvalue weighted by atomic mass is 35.6. The molecule has 4 nitrogen and oxygen atoms in total. The molecule has 0 aliphatic heterocycles. The molecule has 0 aromatic heterocycles. The first kappa shape index (κ1) is 17.5. The monoisotopic (exact) mass is 338 g/mol. The third-order valence-electron chi connectivity index (χ3n) is 2.67. The van der Waals surface area contributed by atoms with Crippen LogP contribution in [0.1, 0.15) is 31.9 Å². The third-order valence-corrected chi connectivity index (χ3v) is 3.26. The molecule has 0 aliphatic carbocycles. The van der Waals surface area contributed by atoms with Crippen molar-refractivity contribution in [3.63, 3.8) is 0 Å². The molecule has 0 heterocycles. The number of aliphatic imine (C=N–C) groups is 1. The largest absolute Gasteiger partial charge is 0.368 e. The van der Waals surface area contributed by atoms with Gasteiger partial charge in [0, 0.05) is 5.56 Å². The van der Waals surface area contributed by atoms with Crippen molar-refractivity contribution in [3.05, 3.63) is 35.4 Å². The number of hydrogen-bond acceptors (Lipinski definition) is 3. The van der Waals surface area contributed by atoms with Crippen molar-refractivity contribution in [1.29, 1.82) is 0 Å². The van der Waals surface area contributed by atoms with Gasteiger partial charge in [0.05, 0.1) is 0 Å². The Bertz CT molecular complexity index is 476. The maximum absolute atomic E-state index is 9.60. The second kappa shape index (κ2) is 6.50. The Morgan fingerprint density at radius 3 is 2.00 bits per heavy atom. The van der Waals surface area contributed by atoms with Gasteiger partial charge in [0.1, 0.15) is 0 Å². The summed E-state index contributed by atoms with van der Waals surface area (Å²) in [6.07, 6.45) is -1.59. The van der Waals surface area contributed by atoms with Gasteiger partial charge < -0.3 is 5.11 Å². The zero-order valence-electron chi connectivity index (χ0n) is 11.4. The van der Waals surface area contributed by atoms with Crippen molar-refractivity contribution < 1.29 is 10.3 Å². The van der Waals surface area contributed by atoms with Crippen molar-refractivity contribution in [1.82, 2.24) is 5.48 Å². The molecule has 20 heavy (non-hydrogen) atoms. The Kier molecular flexibility index (Phi) is 5.70. The van der Waals surface area contributed by atoms with Crippen LogP contribution in [0.15, 0.2) is 29.3 Å². The number of hydrogen-bond donors (Lipinski definition) is 3. The normalized spacial score (nSPS) is 15.1. The quantitative estimate of drug-likeness (QED) is 0.335. The lowest BCUT2D eigenvalue weighted by Crippen LogP contribution is -2.29. The number of rotatable bonds is 2. The molecule has 1 rings (SSSR count). The number of aliphatic hydroxyl groups is 1. The van der Waals surface area contributed by atoms with Crippen LogP contribution in [0.3, 0.4) is 0 Å². The molecule has 0 bridgehead atoms. The highest BCUT2D eigenvalue weighted by molar-refractivity contribution is 6.68. The smallest absolute Gasteiger partial charge is 0.236 e. The van der Waals surface area contributed by atoms with Crippen LogP contribution in [0.5, 0.6) is 0 Å². The van der Waals surface area contributed by atoms with Gasteiger partial charge in [-0.25, -0.2) is 4.99 Å². The molecule has 0 unspecified atom stereocenters. The minimum atomic E-state index is -1.96. The molecule has 1 aromatic rings. The van der Waals surface area contributed by atoms with E-state index in [9.17, 15) is 5.11 Å². The van der Waals surface area contributed by atoms with E-state index in [1.54, 1.807) is 12.1 Å². The van der Waals surface area contributed by atoms with Gasteiger partial charge >= 0.3 is 0 Å². The predicted molar refractivity (Wildman–Crippen MR) is 82.9 cm³/mol. The van der Waals surface area contributed by atoms with Crippen LogP contribution in [0.25, 0.3) is 0 Å². The summed E-state index contributed by atoms with van der Waals surface area (Å²) in [4.78, 5) is 3.74. The van der Waals surface area contributed by atoms with Crippen molar-refractivity contribution in [2.24, 2.45) is 4.99 Å². The van der Waals surface area contributed by atoms with E-state index >= 15 is 0 Å². The SMILES string of the molecule is CC(C)(C)c1ccc(C(=N[C@@H](O)C(Cl)(Cl)Cl)NO)cc1. The Hall–Kier alpha value is -0.520. The fraction of sp³-hybridized carbons (Fsp3) is 0.462. The highest BCUT2D eigenvalue weighted by Gasteiger charge is 2.31. The fourth-order valence-corrected chi connectivity index (χ4v) is 1.64. The maximum Gasteiger partial charge on any atom is 0.236 e. The van der Waals surface area contributed by atoms with E-state index in [1.165, 1.54) is 0 Å². The topological polar surface area (TPSA) is 64.9 Å². The second-order valence-corrected chi connectivity index (χ2v) is 7.70. The molecular formula is C13H17Cl3N2O2. The van der Waals surface area contributed by atoms with Gasteiger partial charge in [0.2, 0.25) is 3.79 Å². The average molecular weight is 340 g/mol. The first-order valence-corrected chi connectivity index (χ1v) is 7.02. The van der Waals surface area contributed by atoms with E-state index in [4.69, 9.17) is 40.0 Å². The minimum Gasteiger partial charge on any atom is -0.368 e. The van der Waals surface area contributed by atoms with Crippen LogP contribution in [0, 0.1) is 0 Å². The average Bonchev–Trinajstić information content (AvgIpc) is 2.33. The number of halogens is 3. The number of benzene rings is 1. The van der Waals surface area contributed by atoms with Gasteiger partial charge in [0.15, 0.2) is 12.1 Å². The molecule has 3 N–H and O–H groups in total. The molecule has 0 spiro atoms. The highest BCUT2D eigenvalue weighted by Crippen LogP contribution is 2.31. The second-order valence-electron chi connectivity index (χ2n) is 5.33. The van der Waals surface area contributed by atoms with Crippen LogP contribution in [0.2, 0.25) is 0 Å². The van der Waals surface area contributed by atoms with Crippen LogP contribution in [-0.2, 0) is 5.41 Å². The summed E-state index contributed by atoms with van der Waals surface area (Å²) < 4.78 is -1.96. The Labute approximate surface area is 133 Å². The van der Waals surface area contributed by atoms with E-state index < -0.39 is 10.0 Å². The van der Waals surface area contributed by atoms with Crippen molar-refractivity contribution >= 4 is 40.6 Å². The molecule has 7 heteroatoms. The lowest BCUT2D eigenvalue weighted by Gasteiger charge is -2.20. The van der Waals surface area contributed by atoms with Crippen LogP contribution in [-0.4, -0.2) is 26.2 Å². The molecular weight excluding hydrogens is 323 g/mol. The molecule has 1 aromatic carbocycles. The Morgan fingerprint density at radius 2 is 1.65 bits per heavy atom. The van der Waals surface area contributed by atoms with Gasteiger partial charge in [-0.2, -0.15) is 0 Å². The summed E-state index contributed by atoms with van der Waals surface area (Å²) in [6.45, 7) is 6.27. The standard InChI is InChI=1S/C13H17Cl3N2O2/c1-12(2,3)9-6-4-8(5-7-9)10(18-20)17-11(19)13(14,15)16/h4-7,11,19-20H,1-3H3,(H,17,18)/t11-/m0/s1. The molecule has 0 fully saturated rings. The molecule has 112 valence electrons. The Morgan fingerprint density at radius 1 is 1.15 bits per heavy atom. The first-order chi connectivity index (χ1) is 9.05. The Balaban J connectivity index is 3.05. The summed E-state index contributed by atoms with van der Waals surface area (Å²) in [5, 5.41) is 18.7. The van der Waals surface area contributed by atoms with E-state index in [-0.39, 0.29) is 11.3 Å². The van der Waals surface area contributed by atoms with Gasteiger partial charge in [-0.05, 0) is 11.0 Å². The van der Waals surface area contributed by atoms with E-state index in [0.717, 1.165) is 5.56 Å². The van der Waals surface area contributed by atoms with Gasteiger partial charge in [0.25, 0.3) is 0 Å². The van der Waals surface area contributed by atoms with E-state index in [0.29, 0.717) is 5.56 Å². The molecule has 0 amide bonds. The number of nitrogens with one attached hydrogen (secondary N) is 1. The number of amidine groups is 1. The molecule has 0 aliphatic rings. The summed E-state index contributed by atoms with van der Waals surface area (Å²) in [7, 11) is 0. The van der Waals surface area contributed by atoms with Crippen LogP contribution >= 0.6 is 34.8 Å². The zero-order chi connectivity index (χ0) is 15.6. The predicted octanol–water partition coefficient (Wildman–Crippen LogP) is 3.40. The van der Waals surface area contributed by atoms with E-state index in [2.05, 4.69) is 25.8 Å². The lowest BCUT2D eigenvalue weighted by molar-refractivity contribution is 0.182. The van der Waals surface area contributed by atoms with Crippen molar-refractivity contribution in [2.45, 2.75) is 36.2 Å². The summed E-state index contributed by atoms with van der Waals surface area (Å²) in [6, 6.07) is 7.33. The van der Waals surface area contributed by atoms with Gasteiger partial charge in [-0.3, -0.25) is 10.7 Å². The summed E-state index contributed by atoms with van der Waals surface area (Å²) in [5.41, 5.74) is 3.60. The molecule has 1 atom stereocenters. The van der Waals surface area contributed by atoms with Crippen molar-refractivity contribution in [2.75, 3.05) is 0 Å². The number of nitrogens with zero attached hydrogens (tertiary/aromatic N) is 1. The summed E-state index contributed by atoms with van der Waals surface area (Å²) >= 11 is 16.6. The van der Waals surface area contributed by atoms with Gasteiger partial charge in [-0.1, -0.05) is 79.8 Å². The van der Waals surface area contributed by atoms with Gasteiger partial charge in [-0.15, -0.1) is 0 Å². The number of alkyl halides is 3. The summed E-state index contributed by atoms with van der Waals surface area (Å²) in [5.74, 6) is 0.0179. The first-order valence-electron chi connectivity index (χ1n) is 5.89. The fourth-order valence-electron chi connectivity index (χ4n) is 1.49. The van der Waals surface area contributed by atoms with E-state index in [1.807, 2.05) is 17.6 Å². The molecule has 0 saturated carbocycles. The number of hydroxylamine groups is 1. The lowest BCUT2D eigenvalue weighted by atomic mass is 9.86. The number of aliphatic hydroxyl groups excluding tert-OH is 1. The zero-order valence-corrected chi connectivity index (χ0v) is 13.6. The van der Waals surface area contributed by atoms with Crippen molar-refractivity contribution in [3.8, 4) is 0 Å². The molecule has 0 radical (unpaired) electrons. The van der Waals surface area contributed by atoms with Crippen LogP contribution in [0.4, 0.5) is 0 Å². The maximum atomic E-state index is 9.60. The molecule has 0 saturated heterocycles. The van der Waals surface area contributed by atoms with Crippen LogP contribution < -0.4 is 5.48 Å².